The number of hydrogen-bond acceptors (Lipinski definition) is 1. The zero-order valence-electron chi connectivity index (χ0n) is 11.8. The summed E-state index contributed by atoms with van der Waals surface area (Å²) < 4.78 is 13.5. The van der Waals surface area contributed by atoms with Crippen LogP contribution in [0, 0.1) is 23.6 Å². The number of nitrogens with one attached hydrogen (secondary N) is 1. The van der Waals surface area contributed by atoms with E-state index in [9.17, 15) is 4.39 Å². The lowest BCUT2D eigenvalue weighted by atomic mass is 9.72. The van der Waals surface area contributed by atoms with Crippen LogP contribution in [0.3, 0.4) is 0 Å². The highest BCUT2D eigenvalue weighted by atomic mass is 35.5. The van der Waals surface area contributed by atoms with Crippen molar-refractivity contribution in [2.45, 2.75) is 32.6 Å². The van der Waals surface area contributed by atoms with Gasteiger partial charge in [-0.3, -0.25) is 0 Å². The van der Waals surface area contributed by atoms with Crippen LogP contribution in [0.1, 0.15) is 31.7 Å². The Kier molecular flexibility index (Phi) is 5.23. The number of hydrogen-bond donors (Lipinski definition) is 1. The summed E-state index contributed by atoms with van der Waals surface area (Å²) in [6.07, 6.45) is 4.69. The van der Waals surface area contributed by atoms with Crippen molar-refractivity contribution in [1.29, 1.82) is 0 Å². The van der Waals surface area contributed by atoms with Crippen LogP contribution in [0.4, 0.5) is 4.39 Å². The molecule has 1 aliphatic carbocycles. The molecule has 0 radical (unpaired) electrons. The molecule has 3 heteroatoms. The minimum absolute atomic E-state index is 0.298. The molecule has 0 aromatic heterocycles. The summed E-state index contributed by atoms with van der Waals surface area (Å²) in [6.45, 7) is 3.36. The minimum Gasteiger partial charge on any atom is -0.319 e. The summed E-state index contributed by atoms with van der Waals surface area (Å²) in [6, 6.07) is 5.15. The first-order chi connectivity index (χ1) is 9.11. The number of rotatable bonds is 4. The Morgan fingerprint density at radius 1 is 1.32 bits per heavy atom. The summed E-state index contributed by atoms with van der Waals surface area (Å²) in [4.78, 5) is 0. The molecule has 106 valence electrons. The highest BCUT2D eigenvalue weighted by Crippen LogP contribution is 2.36. The Bertz CT molecular complexity index is 421. The fourth-order valence-corrected chi connectivity index (χ4v) is 3.53. The van der Waals surface area contributed by atoms with E-state index in [0.717, 1.165) is 24.4 Å². The molecule has 1 aromatic rings. The average Bonchev–Trinajstić information content (AvgIpc) is 2.38. The maximum atomic E-state index is 13.5. The smallest absolute Gasteiger partial charge is 0.142 e. The molecule has 1 saturated carbocycles. The van der Waals surface area contributed by atoms with Crippen molar-refractivity contribution in [3.63, 3.8) is 0 Å². The van der Waals surface area contributed by atoms with Gasteiger partial charge in [0.2, 0.25) is 0 Å². The number of benzene rings is 1. The second kappa shape index (κ2) is 6.71. The lowest BCUT2D eigenvalue weighted by Crippen LogP contribution is -2.32. The molecule has 3 atom stereocenters. The molecule has 2 rings (SSSR count). The zero-order chi connectivity index (χ0) is 13.8. The summed E-state index contributed by atoms with van der Waals surface area (Å²) >= 11 is 6.08. The molecular weight excluding hydrogens is 261 g/mol. The third-order valence-corrected chi connectivity index (χ3v) is 4.81. The van der Waals surface area contributed by atoms with Crippen molar-refractivity contribution < 1.29 is 4.39 Å². The maximum Gasteiger partial charge on any atom is 0.142 e. The first kappa shape index (κ1) is 14.8. The van der Waals surface area contributed by atoms with Gasteiger partial charge in [-0.05, 0) is 62.2 Å². The summed E-state index contributed by atoms with van der Waals surface area (Å²) in [5.41, 5.74) is 0.960. The van der Waals surface area contributed by atoms with E-state index in [4.69, 9.17) is 11.6 Å². The fourth-order valence-electron chi connectivity index (χ4n) is 3.33. The van der Waals surface area contributed by atoms with Gasteiger partial charge < -0.3 is 5.32 Å². The van der Waals surface area contributed by atoms with E-state index in [2.05, 4.69) is 12.2 Å². The Labute approximate surface area is 120 Å². The van der Waals surface area contributed by atoms with Gasteiger partial charge in [0.05, 0.1) is 5.02 Å². The predicted molar refractivity (Wildman–Crippen MR) is 79.0 cm³/mol. The van der Waals surface area contributed by atoms with Crippen LogP contribution in [-0.4, -0.2) is 13.6 Å². The van der Waals surface area contributed by atoms with Crippen molar-refractivity contribution in [3.8, 4) is 0 Å². The average molecular weight is 284 g/mol. The normalized spacial score (nSPS) is 27.5. The molecule has 3 unspecified atom stereocenters. The molecular formula is C16H23ClFN. The molecule has 0 heterocycles. The maximum absolute atomic E-state index is 13.5. The van der Waals surface area contributed by atoms with Gasteiger partial charge in [-0.25, -0.2) is 4.39 Å². The van der Waals surface area contributed by atoms with Crippen molar-refractivity contribution in [3.05, 3.63) is 34.6 Å². The van der Waals surface area contributed by atoms with Gasteiger partial charge in [-0.2, -0.15) is 0 Å². The second-order valence-corrected chi connectivity index (χ2v) is 6.29. The summed E-state index contributed by atoms with van der Waals surface area (Å²) in [7, 11) is 2.00. The SMILES string of the molecule is CNCC1CCC(C)CC1Cc1cccc(F)c1Cl. The van der Waals surface area contributed by atoms with E-state index in [1.807, 2.05) is 13.1 Å². The molecule has 0 amide bonds. The van der Waals surface area contributed by atoms with Crippen molar-refractivity contribution in [1.82, 2.24) is 5.32 Å². The Morgan fingerprint density at radius 3 is 2.84 bits per heavy atom. The van der Waals surface area contributed by atoms with Gasteiger partial charge in [0, 0.05) is 0 Å². The van der Waals surface area contributed by atoms with E-state index in [0.29, 0.717) is 16.9 Å². The van der Waals surface area contributed by atoms with E-state index >= 15 is 0 Å². The lowest BCUT2D eigenvalue weighted by Gasteiger charge is -2.35. The lowest BCUT2D eigenvalue weighted by molar-refractivity contribution is 0.186. The van der Waals surface area contributed by atoms with Gasteiger partial charge in [0.25, 0.3) is 0 Å². The third-order valence-electron chi connectivity index (χ3n) is 4.38. The van der Waals surface area contributed by atoms with Gasteiger partial charge >= 0.3 is 0 Å². The third kappa shape index (κ3) is 3.70. The molecule has 1 nitrogen and oxygen atoms in total. The van der Waals surface area contributed by atoms with E-state index < -0.39 is 0 Å². The molecule has 1 aromatic carbocycles. The van der Waals surface area contributed by atoms with Crippen LogP contribution < -0.4 is 5.32 Å². The second-order valence-electron chi connectivity index (χ2n) is 5.91. The Morgan fingerprint density at radius 2 is 2.11 bits per heavy atom. The first-order valence-electron chi connectivity index (χ1n) is 7.19. The summed E-state index contributed by atoms with van der Waals surface area (Å²) in [5, 5.41) is 3.60. The van der Waals surface area contributed by atoms with Crippen LogP contribution in [0.15, 0.2) is 18.2 Å². The molecule has 1 N–H and O–H groups in total. The summed E-state index contributed by atoms with van der Waals surface area (Å²) in [5.74, 6) is 1.76. The minimum atomic E-state index is -0.298. The van der Waals surface area contributed by atoms with Crippen LogP contribution in [0.25, 0.3) is 0 Å². The van der Waals surface area contributed by atoms with Gasteiger partial charge in [-0.15, -0.1) is 0 Å². The molecule has 0 saturated heterocycles. The topological polar surface area (TPSA) is 12.0 Å². The van der Waals surface area contributed by atoms with Crippen LogP contribution >= 0.6 is 11.6 Å². The monoisotopic (exact) mass is 283 g/mol. The van der Waals surface area contributed by atoms with E-state index in [-0.39, 0.29) is 5.82 Å². The molecule has 19 heavy (non-hydrogen) atoms. The molecule has 0 spiro atoms. The van der Waals surface area contributed by atoms with Crippen LogP contribution in [-0.2, 0) is 6.42 Å². The van der Waals surface area contributed by atoms with Crippen LogP contribution in [0.2, 0.25) is 5.02 Å². The fraction of sp³-hybridized carbons (Fsp3) is 0.625. The molecule has 1 aliphatic rings. The quantitative estimate of drug-likeness (QED) is 0.869. The highest BCUT2D eigenvalue weighted by molar-refractivity contribution is 6.31. The van der Waals surface area contributed by atoms with Gasteiger partial charge in [-0.1, -0.05) is 37.1 Å². The van der Waals surface area contributed by atoms with Crippen LogP contribution in [0.5, 0.6) is 0 Å². The number of halogens is 2. The Balaban J connectivity index is 2.11. The zero-order valence-corrected chi connectivity index (χ0v) is 12.5. The van der Waals surface area contributed by atoms with Crippen molar-refractivity contribution in [2.24, 2.45) is 17.8 Å². The standard InChI is InChI=1S/C16H23ClFN/c1-11-6-7-13(10-19-2)14(8-11)9-12-4-3-5-15(18)16(12)17/h3-5,11,13-14,19H,6-10H2,1-2H3. The Hall–Kier alpha value is -0.600. The molecule has 1 fully saturated rings. The predicted octanol–water partition coefficient (Wildman–Crippen LogP) is 4.29. The van der Waals surface area contributed by atoms with E-state index in [1.54, 1.807) is 6.07 Å². The van der Waals surface area contributed by atoms with Crippen molar-refractivity contribution in [2.75, 3.05) is 13.6 Å². The van der Waals surface area contributed by atoms with Gasteiger partial charge in [0.1, 0.15) is 5.82 Å². The first-order valence-corrected chi connectivity index (χ1v) is 7.57. The molecule has 0 bridgehead atoms. The molecule has 0 aliphatic heterocycles. The largest absolute Gasteiger partial charge is 0.319 e. The van der Waals surface area contributed by atoms with E-state index in [1.165, 1.54) is 25.3 Å². The van der Waals surface area contributed by atoms with Gasteiger partial charge in [0.15, 0.2) is 0 Å². The van der Waals surface area contributed by atoms with Crippen molar-refractivity contribution >= 4 is 11.6 Å². The highest BCUT2D eigenvalue weighted by Gasteiger charge is 2.28.